The highest BCUT2D eigenvalue weighted by Gasteiger charge is 2.12. The van der Waals surface area contributed by atoms with Crippen LogP contribution in [0.4, 0.5) is 0 Å². The van der Waals surface area contributed by atoms with Crippen molar-refractivity contribution in [3.8, 4) is 0 Å². The van der Waals surface area contributed by atoms with Crippen LogP contribution < -0.4 is 0 Å². The van der Waals surface area contributed by atoms with Gasteiger partial charge in [-0.05, 0) is 26.0 Å². The van der Waals surface area contributed by atoms with E-state index < -0.39 is 5.97 Å². The van der Waals surface area contributed by atoms with Gasteiger partial charge < -0.3 is 5.11 Å². The Morgan fingerprint density at radius 3 is 2.76 bits per heavy atom. The summed E-state index contributed by atoms with van der Waals surface area (Å²) in [6, 6.07) is 5.74. The molecule has 1 N–H and O–H groups in total. The standard InChI is InChI=1S/C12H13N3O2/c1-8-4-3-5-10(14-8)7-15-9(2)11(6-13-15)12(16)17/h3-6H,7H2,1-2H3,(H,16,17). The molecule has 0 radical (unpaired) electrons. The number of carboxylic acid groups (broad SMARTS) is 1. The first-order chi connectivity index (χ1) is 8.08. The molecule has 0 bridgehead atoms. The molecule has 17 heavy (non-hydrogen) atoms. The Morgan fingerprint density at radius 1 is 1.41 bits per heavy atom. The second-order valence-corrected chi connectivity index (χ2v) is 3.88. The van der Waals surface area contributed by atoms with Crippen molar-refractivity contribution in [3.63, 3.8) is 0 Å². The van der Waals surface area contributed by atoms with E-state index in [1.807, 2.05) is 25.1 Å². The minimum absolute atomic E-state index is 0.234. The molecule has 2 rings (SSSR count). The number of carbonyl (C=O) groups is 1. The lowest BCUT2D eigenvalue weighted by atomic mass is 10.2. The van der Waals surface area contributed by atoms with Gasteiger partial charge in [-0.15, -0.1) is 0 Å². The fraction of sp³-hybridized carbons (Fsp3) is 0.250. The maximum absolute atomic E-state index is 10.9. The molecule has 0 aliphatic rings. The van der Waals surface area contributed by atoms with Crippen molar-refractivity contribution < 1.29 is 9.90 Å². The van der Waals surface area contributed by atoms with E-state index in [0.717, 1.165) is 11.4 Å². The smallest absolute Gasteiger partial charge is 0.339 e. The van der Waals surface area contributed by atoms with Crippen LogP contribution >= 0.6 is 0 Å². The average Bonchev–Trinajstić information content (AvgIpc) is 2.61. The molecule has 0 aliphatic heterocycles. The van der Waals surface area contributed by atoms with Crippen LogP contribution in [0.3, 0.4) is 0 Å². The van der Waals surface area contributed by atoms with Crippen molar-refractivity contribution in [2.45, 2.75) is 20.4 Å². The van der Waals surface area contributed by atoms with Crippen LogP contribution in [0.25, 0.3) is 0 Å². The normalized spacial score (nSPS) is 10.5. The largest absolute Gasteiger partial charge is 0.478 e. The Balaban J connectivity index is 2.28. The summed E-state index contributed by atoms with van der Waals surface area (Å²) in [5.74, 6) is -0.953. The molecule has 0 amide bonds. The number of aryl methyl sites for hydroxylation is 1. The van der Waals surface area contributed by atoms with E-state index in [-0.39, 0.29) is 5.56 Å². The second kappa shape index (κ2) is 4.37. The number of rotatable bonds is 3. The second-order valence-electron chi connectivity index (χ2n) is 3.88. The van der Waals surface area contributed by atoms with Crippen LogP contribution in [0.1, 0.15) is 27.4 Å². The van der Waals surface area contributed by atoms with E-state index in [1.165, 1.54) is 6.20 Å². The Hall–Kier alpha value is -2.17. The number of hydrogen-bond acceptors (Lipinski definition) is 3. The third kappa shape index (κ3) is 2.33. The predicted molar refractivity (Wildman–Crippen MR) is 62.0 cm³/mol. The highest BCUT2D eigenvalue weighted by molar-refractivity contribution is 5.88. The van der Waals surface area contributed by atoms with E-state index in [1.54, 1.807) is 11.6 Å². The lowest BCUT2D eigenvalue weighted by Crippen LogP contribution is -2.07. The summed E-state index contributed by atoms with van der Waals surface area (Å²) in [6.07, 6.45) is 1.37. The quantitative estimate of drug-likeness (QED) is 0.871. The van der Waals surface area contributed by atoms with Gasteiger partial charge in [-0.1, -0.05) is 6.07 Å². The summed E-state index contributed by atoms with van der Waals surface area (Å²) < 4.78 is 1.64. The van der Waals surface area contributed by atoms with Gasteiger partial charge in [-0.3, -0.25) is 9.67 Å². The molecule has 5 heteroatoms. The van der Waals surface area contributed by atoms with Gasteiger partial charge in [0.05, 0.1) is 24.1 Å². The average molecular weight is 231 g/mol. The molecule has 0 unspecified atom stereocenters. The highest BCUT2D eigenvalue weighted by Crippen LogP contribution is 2.09. The zero-order valence-electron chi connectivity index (χ0n) is 9.71. The summed E-state index contributed by atoms with van der Waals surface area (Å²) in [5.41, 5.74) is 2.68. The Labute approximate surface area is 98.7 Å². The van der Waals surface area contributed by atoms with Crippen LogP contribution in [0, 0.1) is 13.8 Å². The van der Waals surface area contributed by atoms with Crippen LogP contribution in [-0.2, 0) is 6.54 Å². The van der Waals surface area contributed by atoms with Gasteiger partial charge in [-0.2, -0.15) is 5.10 Å². The first kappa shape index (κ1) is 11.3. The molecular weight excluding hydrogens is 218 g/mol. The minimum Gasteiger partial charge on any atom is -0.478 e. The van der Waals surface area contributed by atoms with Crippen molar-refractivity contribution in [2.75, 3.05) is 0 Å². The highest BCUT2D eigenvalue weighted by atomic mass is 16.4. The molecule has 0 fully saturated rings. The number of pyridine rings is 1. The first-order valence-electron chi connectivity index (χ1n) is 5.26. The molecule has 0 spiro atoms. The molecule has 0 atom stereocenters. The Bertz CT molecular complexity index is 561. The van der Waals surface area contributed by atoms with Crippen molar-refractivity contribution in [2.24, 2.45) is 0 Å². The maximum atomic E-state index is 10.9. The molecule has 5 nitrogen and oxygen atoms in total. The fourth-order valence-electron chi connectivity index (χ4n) is 1.66. The predicted octanol–water partition coefficient (Wildman–Crippen LogP) is 1.64. The van der Waals surface area contributed by atoms with Crippen molar-refractivity contribution in [1.29, 1.82) is 0 Å². The summed E-state index contributed by atoms with van der Waals surface area (Å²) >= 11 is 0. The van der Waals surface area contributed by atoms with Crippen LogP contribution in [0.15, 0.2) is 24.4 Å². The van der Waals surface area contributed by atoms with Crippen molar-refractivity contribution in [1.82, 2.24) is 14.8 Å². The summed E-state index contributed by atoms with van der Waals surface area (Å²) in [5, 5.41) is 13.0. The minimum atomic E-state index is -0.953. The maximum Gasteiger partial charge on any atom is 0.339 e. The third-order valence-electron chi connectivity index (χ3n) is 2.59. The summed E-state index contributed by atoms with van der Waals surface area (Å²) in [6.45, 7) is 4.15. The number of aromatic nitrogens is 3. The SMILES string of the molecule is Cc1cccc(Cn2ncc(C(=O)O)c2C)n1. The molecule has 2 aromatic heterocycles. The number of carboxylic acids is 1. The first-order valence-corrected chi connectivity index (χ1v) is 5.26. The van der Waals surface area contributed by atoms with E-state index in [2.05, 4.69) is 10.1 Å². The van der Waals surface area contributed by atoms with Gasteiger partial charge >= 0.3 is 5.97 Å². The number of hydrogen-bond donors (Lipinski definition) is 1. The van der Waals surface area contributed by atoms with Gasteiger partial charge in [0.15, 0.2) is 0 Å². The summed E-state index contributed by atoms with van der Waals surface area (Å²) in [7, 11) is 0. The molecule has 0 saturated heterocycles. The zero-order valence-corrected chi connectivity index (χ0v) is 9.71. The fourth-order valence-corrected chi connectivity index (χ4v) is 1.66. The van der Waals surface area contributed by atoms with Gasteiger partial charge in [0.1, 0.15) is 5.56 Å². The molecular formula is C12H13N3O2. The van der Waals surface area contributed by atoms with Crippen molar-refractivity contribution >= 4 is 5.97 Å². The third-order valence-corrected chi connectivity index (χ3v) is 2.59. The molecule has 0 aliphatic carbocycles. The van der Waals surface area contributed by atoms with Gasteiger partial charge in [-0.25, -0.2) is 4.79 Å². The van der Waals surface area contributed by atoms with E-state index in [4.69, 9.17) is 5.11 Å². The van der Waals surface area contributed by atoms with Crippen molar-refractivity contribution in [3.05, 3.63) is 47.0 Å². The van der Waals surface area contributed by atoms with Crippen LogP contribution in [0.2, 0.25) is 0 Å². The molecule has 0 aromatic carbocycles. The van der Waals surface area contributed by atoms with E-state index in [0.29, 0.717) is 12.2 Å². The van der Waals surface area contributed by atoms with Gasteiger partial charge in [0, 0.05) is 5.69 Å². The van der Waals surface area contributed by atoms with E-state index in [9.17, 15) is 4.79 Å². The zero-order chi connectivity index (χ0) is 12.4. The molecule has 2 heterocycles. The number of nitrogens with zero attached hydrogens (tertiary/aromatic N) is 3. The lowest BCUT2D eigenvalue weighted by Gasteiger charge is -2.04. The molecule has 88 valence electrons. The lowest BCUT2D eigenvalue weighted by molar-refractivity contribution is 0.0696. The number of aromatic carboxylic acids is 1. The van der Waals surface area contributed by atoms with Gasteiger partial charge in [0.2, 0.25) is 0 Å². The topological polar surface area (TPSA) is 68.0 Å². The van der Waals surface area contributed by atoms with Gasteiger partial charge in [0.25, 0.3) is 0 Å². The summed E-state index contributed by atoms with van der Waals surface area (Å²) in [4.78, 5) is 15.2. The van der Waals surface area contributed by atoms with Crippen LogP contribution in [-0.4, -0.2) is 25.8 Å². The Kier molecular flexibility index (Phi) is 2.91. The molecule has 0 saturated carbocycles. The molecule has 2 aromatic rings. The Morgan fingerprint density at radius 2 is 2.18 bits per heavy atom. The monoisotopic (exact) mass is 231 g/mol. The van der Waals surface area contributed by atoms with Crippen LogP contribution in [0.5, 0.6) is 0 Å². The van der Waals surface area contributed by atoms with E-state index >= 15 is 0 Å².